The third-order valence-electron chi connectivity index (χ3n) is 3.96. The van der Waals surface area contributed by atoms with Crippen LogP contribution in [0.1, 0.15) is 49.5 Å². The monoisotopic (exact) mass is 262 g/mol. The number of pyridine rings is 1. The van der Waals surface area contributed by atoms with Gasteiger partial charge in [0, 0.05) is 5.41 Å². The number of aromatic nitrogens is 1. The summed E-state index contributed by atoms with van der Waals surface area (Å²) in [5.41, 5.74) is 0.268. The maximum absolute atomic E-state index is 12.3. The molecule has 0 aliphatic heterocycles. The Morgan fingerprint density at radius 1 is 1.37 bits per heavy atom. The van der Waals surface area contributed by atoms with Crippen LogP contribution in [0.3, 0.4) is 0 Å². The highest BCUT2D eigenvalue weighted by Crippen LogP contribution is 2.41. The smallest absolute Gasteiger partial charge is 0.354 e. The number of hydrogen-bond donors (Lipinski definition) is 2. The first-order valence-electron chi connectivity index (χ1n) is 6.58. The molecule has 0 saturated heterocycles. The summed E-state index contributed by atoms with van der Waals surface area (Å²) in [7, 11) is 0. The largest absolute Gasteiger partial charge is 0.477 e. The lowest BCUT2D eigenvalue weighted by atomic mass is 9.82. The van der Waals surface area contributed by atoms with Crippen molar-refractivity contribution in [2.45, 2.75) is 39.0 Å². The fraction of sp³-hybridized carbons (Fsp3) is 0.500. The molecule has 0 atom stereocenters. The van der Waals surface area contributed by atoms with E-state index in [1.165, 1.54) is 12.3 Å². The quantitative estimate of drug-likeness (QED) is 0.874. The fourth-order valence-corrected chi connectivity index (χ4v) is 2.65. The first kappa shape index (κ1) is 13.5. The highest BCUT2D eigenvalue weighted by Gasteiger charge is 2.39. The van der Waals surface area contributed by atoms with E-state index in [0.717, 1.165) is 32.1 Å². The van der Waals surface area contributed by atoms with Gasteiger partial charge in [-0.2, -0.15) is 0 Å². The predicted molar refractivity (Wildman–Crippen MR) is 71.0 cm³/mol. The van der Waals surface area contributed by atoms with Crippen LogP contribution in [-0.4, -0.2) is 22.0 Å². The minimum atomic E-state index is -1.07. The molecular formula is C14H18N2O3. The Morgan fingerprint density at radius 2 is 2.05 bits per heavy atom. The Balaban J connectivity index is 2.08. The zero-order valence-electron chi connectivity index (χ0n) is 11.0. The topological polar surface area (TPSA) is 79.3 Å². The van der Waals surface area contributed by atoms with Gasteiger partial charge < -0.3 is 10.4 Å². The Labute approximate surface area is 112 Å². The summed E-state index contributed by atoms with van der Waals surface area (Å²) in [5, 5.41) is 11.6. The first-order valence-corrected chi connectivity index (χ1v) is 6.58. The summed E-state index contributed by atoms with van der Waals surface area (Å²) in [4.78, 5) is 26.8. The van der Waals surface area contributed by atoms with E-state index in [1.54, 1.807) is 6.07 Å². The molecule has 0 spiro atoms. The van der Waals surface area contributed by atoms with Crippen LogP contribution in [0.2, 0.25) is 0 Å². The van der Waals surface area contributed by atoms with Gasteiger partial charge in [-0.3, -0.25) is 4.79 Å². The fourth-order valence-electron chi connectivity index (χ4n) is 2.65. The summed E-state index contributed by atoms with van der Waals surface area (Å²) in [6, 6.07) is 2.97. The molecule has 1 fully saturated rings. The Bertz CT molecular complexity index is 476. The number of carbonyl (C=O) groups is 2. The van der Waals surface area contributed by atoms with E-state index in [0.29, 0.717) is 5.69 Å². The molecule has 1 amide bonds. The van der Waals surface area contributed by atoms with Crippen molar-refractivity contribution in [3.8, 4) is 0 Å². The van der Waals surface area contributed by atoms with Crippen LogP contribution in [0.4, 0.5) is 5.69 Å². The predicted octanol–water partition coefficient (Wildman–Crippen LogP) is 2.69. The van der Waals surface area contributed by atoms with Crippen LogP contribution < -0.4 is 5.32 Å². The molecule has 1 aromatic rings. The van der Waals surface area contributed by atoms with Crippen LogP contribution in [0.25, 0.3) is 0 Å². The van der Waals surface area contributed by atoms with E-state index in [9.17, 15) is 9.59 Å². The van der Waals surface area contributed by atoms with Crippen molar-refractivity contribution < 1.29 is 14.7 Å². The molecule has 19 heavy (non-hydrogen) atoms. The van der Waals surface area contributed by atoms with Crippen LogP contribution >= 0.6 is 0 Å². The van der Waals surface area contributed by atoms with Crippen molar-refractivity contribution in [2.75, 3.05) is 5.32 Å². The lowest BCUT2D eigenvalue weighted by molar-refractivity contribution is -0.125. The SMILES string of the molecule is CCC1(C(=O)Nc2ccc(C(=O)O)nc2)CCCC1. The highest BCUT2D eigenvalue weighted by atomic mass is 16.4. The third kappa shape index (κ3) is 2.75. The number of anilines is 1. The minimum Gasteiger partial charge on any atom is -0.477 e. The second-order valence-corrected chi connectivity index (χ2v) is 5.03. The zero-order valence-corrected chi connectivity index (χ0v) is 11.0. The average Bonchev–Trinajstić information content (AvgIpc) is 2.89. The van der Waals surface area contributed by atoms with Gasteiger partial charge in [-0.1, -0.05) is 19.8 Å². The lowest BCUT2D eigenvalue weighted by Crippen LogP contribution is -2.33. The van der Waals surface area contributed by atoms with Crippen molar-refractivity contribution in [1.82, 2.24) is 4.98 Å². The second kappa shape index (κ2) is 5.38. The molecule has 1 aliphatic carbocycles. The van der Waals surface area contributed by atoms with E-state index in [1.807, 2.05) is 6.92 Å². The second-order valence-electron chi connectivity index (χ2n) is 5.03. The Kier molecular flexibility index (Phi) is 3.83. The molecule has 2 rings (SSSR count). The van der Waals surface area contributed by atoms with Gasteiger partial charge in [0.15, 0.2) is 0 Å². The van der Waals surface area contributed by atoms with Gasteiger partial charge in [-0.05, 0) is 31.4 Å². The minimum absolute atomic E-state index is 0.0240. The summed E-state index contributed by atoms with van der Waals surface area (Å²) in [6.45, 7) is 2.04. The van der Waals surface area contributed by atoms with Crippen LogP contribution in [0.5, 0.6) is 0 Å². The highest BCUT2D eigenvalue weighted by molar-refractivity contribution is 5.95. The summed E-state index contributed by atoms with van der Waals surface area (Å²) < 4.78 is 0. The van der Waals surface area contributed by atoms with Gasteiger partial charge >= 0.3 is 5.97 Å². The molecule has 2 N–H and O–H groups in total. The van der Waals surface area contributed by atoms with Gasteiger partial charge in [0.05, 0.1) is 11.9 Å². The van der Waals surface area contributed by atoms with Crippen molar-refractivity contribution in [3.63, 3.8) is 0 Å². The molecule has 0 radical (unpaired) electrons. The molecule has 0 bridgehead atoms. The van der Waals surface area contributed by atoms with E-state index in [4.69, 9.17) is 5.11 Å². The Hall–Kier alpha value is -1.91. The normalized spacial score (nSPS) is 17.1. The van der Waals surface area contributed by atoms with E-state index >= 15 is 0 Å². The summed E-state index contributed by atoms with van der Waals surface area (Å²) in [5.74, 6) is -1.05. The molecular weight excluding hydrogens is 244 g/mol. The molecule has 1 aromatic heterocycles. The maximum Gasteiger partial charge on any atom is 0.354 e. The standard InChI is InChI=1S/C14H18N2O3/c1-2-14(7-3-4-8-14)13(19)16-10-5-6-11(12(17)18)15-9-10/h5-6,9H,2-4,7-8H2,1H3,(H,16,19)(H,17,18). The number of carboxylic acid groups (broad SMARTS) is 1. The number of hydrogen-bond acceptors (Lipinski definition) is 3. The van der Waals surface area contributed by atoms with Crippen LogP contribution in [0, 0.1) is 5.41 Å². The van der Waals surface area contributed by atoms with E-state index in [-0.39, 0.29) is 17.0 Å². The molecule has 5 heteroatoms. The van der Waals surface area contributed by atoms with Gasteiger partial charge in [0.2, 0.25) is 5.91 Å². The molecule has 1 aliphatic rings. The van der Waals surface area contributed by atoms with Crippen molar-refractivity contribution in [3.05, 3.63) is 24.0 Å². The van der Waals surface area contributed by atoms with Crippen molar-refractivity contribution in [1.29, 1.82) is 0 Å². The number of amides is 1. The van der Waals surface area contributed by atoms with Crippen molar-refractivity contribution in [2.24, 2.45) is 5.41 Å². The van der Waals surface area contributed by atoms with Crippen LogP contribution in [0.15, 0.2) is 18.3 Å². The Morgan fingerprint density at radius 3 is 2.53 bits per heavy atom. The number of carbonyl (C=O) groups excluding carboxylic acids is 1. The third-order valence-corrected chi connectivity index (χ3v) is 3.96. The number of nitrogens with one attached hydrogen (secondary N) is 1. The molecule has 0 aromatic carbocycles. The lowest BCUT2D eigenvalue weighted by Gasteiger charge is -2.25. The molecule has 102 valence electrons. The van der Waals surface area contributed by atoms with Gasteiger partial charge in [-0.15, -0.1) is 0 Å². The zero-order chi connectivity index (χ0) is 13.9. The number of carboxylic acids is 1. The molecule has 1 heterocycles. The van der Waals surface area contributed by atoms with E-state index < -0.39 is 5.97 Å². The first-order chi connectivity index (χ1) is 9.07. The van der Waals surface area contributed by atoms with Gasteiger partial charge in [0.25, 0.3) is 0 Å². The van der Waals surface area contributed by atoms with Gasteiger partial charge in [0.1, 0.15) is 5.69 Å². The molecule has 5 nitrogen and oxygen atoms in total. The summed E-state index contributed by atoms with van der Waals surface area (Å²) >= 11 is 0. The number of aromatic carboxylic acids is 1. The van der Waals surface area contributed by atoms with E-state index in [2.05, 4.69) is 10.3 Å². The number of rotatable bonds is 4. The van der Waals surface area contributed by atoms with Crippen LogP contribution in [-0.2, 0) is 4.79 Å². The van der Waals surface area contributed by atoms with Crippen molar-refractivity contribution >= 4 is 17.6 Å². The maximum atomic E-state index is 12.3. The molecule has 0 unspecified atom stereocenters. The number of nitrogens with zero attached hydrogens (tertiary/aromatic N) is 1. The van der Waals surface area contributed by atoms with Gasteiger partial charge in [-0.25, -0.2) is 9.78 Å². The summed E-state index contributed by atoms with van der Waals surface area (Å²) in [6.07, 6.45) is 6.26. The average molecular weight is 262 g/mol. The molecule has 1 saturated carbocycles.